The minimum absolute atomic E-state index is 0.194. The lowest BCUT2D eigenvalue weighted by Crippen LogP contribution is -2.27. The van der Waals surface area contributed by atoms with Crippen molar-refractivity contribution >= 4 is 27.6 Å². The fraction of sp³-hybridized carbons (Fsp3) is 0.333. The quantitative estimate of drug-likeness (QED) is 0.701. The molecule has 1 fully saturated rings. The summed E-state index contributed by atoms with van der Waals surface area (Å²) < 4.78 is 31.5. The Morgan fingerprint density at radius 3 is 2.21 bits per heavy atom. The Morgan fingerprint density at radius 1 is 1.00 bits per heavy atom. The van der Waals surface area contributed by atoms with Crippen molar-refractivity contribution in [2.75, 3.05) is 25.0 Å². The van der Waals surface area contributed by atoms with Gasteiger partial charge in [-0.3, -0.25) is 4.79 Å². The zero-order chi connectivity index (χ0) is 20.9. The van der Waals surface area contributed by atoms with Crippen molar-refractivity contribution in [3.05, 3.63) is 59.7 Å². The highest BCUT2D eigenvalue weighted by Crippen LogP contribution is 2.22. The average molecular weight is 416 g/mol. The Balaban J connectivity index is 1.53. The second-order valence-electron chi connectivity index (χ2n) is 6.81. The number of ether oxygens (including phenoxy) is 1. The van der Waals surface area contributed by atoms with E-state index in [-0.39, 0.29) is 4.90 Å². The Morgan fingerprint density at radius 2 is 1.62 bits per heavy atom. The van der Waals surface area contributed by atoms with E-state index in [0.29, 0.717) is 24.3 Å². The minimum atomic E-state index is -3.49. The van der Waals surface area contributed by atoms with Crippen molar-refractivity contribution in [3.63, 3.8) is 0 Å². The Bertz CT molecular complexity index is 963. The second kappa shape index (κ2) is 9.19. The van der Waals surface area contributed by atoms with Crippen LogP contribution >= 0.6 is 0 Å². The van der Waals surface area contributed by atoms with Gasteiger partial charge in [-0.2, -0.15) is 4.31 Å². The van der Waals surface area contributed by atoms with Gasteiger partial charge >= 0.3 is 5.97 Å². The molecule has 1 heterocycles. The third-order valence-corrected chi connectivity index (χ3v) is 6.69. The van der Waals surface area contributed by atoms with Gasteiger partial charge in [-0.25, -0.2) is 13.2 Å². The van der Waals surface area contributed by atoms with Crippen molar-refractivity contribution in [2.24, 2.45) is 0 Å². The van der Waals surface area contributed by atoms with E-state index in [2.05, 4.69) is 5.32 Å². The van der Waals surface area contributed by atoms with Gasteiger partial charge in [0, 0.05) is 18.8 Å². The molecule has 3 rings (SSSR count). The summed E-state index contributed by atoms with van der Waals surface area (Å²) in [6.45, 7) is 2.66. The molecule has 1 aliphatic heterocycles. The SMILES string of the molecule is CCc1ccc(C(=O)OCC(=O)Nc2ccc(S(=O)(=O)N3CCCC3)cc2)cc1. The molecule has 8 heteroatoms. The van der Waals surface area contributed by atoms with Gasteiger partial charge in [0.05, 0.1) is 10.5 Å². The van der Waals surface area contributed by atoms with Crippen molar-refractivity contribution in [3.8, 4) is 0 Å². The number of hydrogen-bond donors (Lipinski definition) is 1. The van der Waals surface area contributed by atoms with Crippen LogP contribution in [0.1, 0.15) is 35.7 Å². The van der Waals surface area contributed by atoms with E-state index in [1.54, 1.807) is 12.1 Å². The average Bonchev–Trinajstić information content (AvgIpc) is 3.28. The molecule has 1 amide bonds. The van der Waals surface area contributed by atoms with Gasteiger partial charge in [0.1, 0.15) is 0 Å². The molecule has 0 radical (unpaired) electrons. The topological polar surface area (TPSA) is 92.8 Å². The van der Waals surface area contributed by atoms with Crippen molar-refractivity contribution in [2.45, 2.75) is 31.1 Å². The number of nitrogens with one attached hydrogen (secondary N) is 1. The lowest BCUT2D eigenvalue weighted by Gasteiger charge is -2.15. The predicted octanol–water partition coefficient (Wildman–Crippen LogP) is 2.83. The molecule has 2 aromatic rings. The summed E-state index contributed by atoms with van der Waals surface area (Å²) in [7, 11) is -3.49. The molecule has 0 spiro atoms. The van der Waals surface area contributed by atoms with Gasteiger partial charge in [0.25, 0.3) is 5.91 Å². The van der Waals surface area contributed by atoms with E-state index < -0.39 is 28.5 Å². The number of amides is 1. The van der Waals surface area contributed by atoms with Gasteiger partial charge in [-0.15, -0.1) is 0 Å². The van der Waals surface area contributed by atoms with Crippen LogP contribution in [0.25, 0.3) is 0 Å². The summed E-state index contributed by atoms with van der Waals surface area (Å²) in [6, 6.07) is 13.0. The highest BCUT2D eigenvalue weighted by molar-refractivity contribution is 7.89. The summed E-state index contributed by atoms with van der Waals surface area (Å²) in [6.07, 6.45) is 2.61. The largest absolute Gasteiger partial charge is 0.452 e. The first-order valence-electron chi connectivity index (χ1n) is 9.56. The molecular weight excluding hydrogens is 392 g/mol. The molecule has 29 heavy (non-hydrogen) atoms. The second-order valence-corrected chi connectivity index (χ2v) is 8.75. The van der Waals surface area contributed by atoms with Crippen molar-refractivity contribution in [1.82, 2.24) is 4.31 Å². The molecule has 1 N–H and O–H groups in total. The monoisotopic (exact) mass is 416 g/mol. The number of esters is 1. The fourth-order valence-electron chi connectivity index (χ4n) is 3.08. The molecule has 1 saturated heterocycles. The maximum Gasteiger partial charge on any atom is 0.338 e. The molecule has 0 bridgehead atoms. The van der Waals surface area contributed by atoms with Crippen LogP contribution in [0.2, 0.25) is 0 Å². The molecule has 2 aromatic carbocycles. The molecule has 0 unspecified atom stereocenters. The molecule has 1 aliphatic rings. The van der Waals surface area contributed by atoms with Crippen LogP contribution in [0.3, 0.4) is 0 Å². The van der Waals surface area contributed by atoms with Gasteiger partial charge in [-0.1, -0.05) is 19.1 Å². The van der Waals surface area contributed by atoms with E-state index in [9.17, 15) is 18.0 Å². The summed E-state index contributed by atoms with van der Waals surface area (Å²) in [4.78, 5) is 24.2. The van der Waals surface area contributed by atoms with Crippen LogP contribution in [-0.2, 0) is 26.0 Å². The van der Waals surface area contributed by atoms with Crippen molar-refractivity contribution < 1.29 is 22.7 Å². The molecule has 154 valence electrons. The van der Waals surface area contributed by atoms with E-state index in [4.69, 9.17) is 4.74 Å². The molecule has 0 saturated carbocycles. The van der Waals surface area contributed by atoms with Gasteiger partial charge < -0.3 is 10.1 Å². The lowest BCUT2D eigenvalue weighted by atomic mass is 10.1. The zero-order valence-electron chi connectivity index (χ0n) is 16.3. The molecular formula is C21H24N2O5S. The number of hydrogen-bond acceptors (Lipinski definition) is 5. The lowest BCUT2D eigenvalue weighted by molar-refractivity contribution is -0.119. The third-order valence-electron chi connectivity index (χ3n) is 4.77. The van der Waals surface area contributed by atoms with E-state index in [1.807, 2.05) is 19.1 Å². The maximum atomic E-state index is 12.5. The first-order chi connectivity index (χ1) is 13.9. The van der Waals surface area contributed by atoms with Crippen LogP contribution in [0.15, 0.2) is 53.4 Å². The standard InChI is InChI=1S/C21H24N2O5S/c1-2-16-5-7-17(8-6-16)21(25)28-15-20(24)22-18-9-11-19(12-10-18)29(26,27)23-13-3-4-14-23/h5-12H,2-4,13-15H2,1H3,(H,22,24). The van der Waals surface area contributed by atoms with Crippen LogP contribution in [0.4, 0.5) is 5.69 Å². The van der Waals surface area contributed by atoms with E-state index >= 15 is 0 Å². The number of aryl methyl sites for hydroxylation is 1. The Kier molecular flexibility index (Phi) is 6.66. The summed E-state index contributed by atoms with van der Waals surface area (Å²) in [5.41, 5.74) is 1.92. The van der Waals surface area contributed by atoms with Gasteiger partial charge in [0.2, 0.25) is 10.0 Å². The fourth-order valence-corrected chi connectivity index (χ4v) is 4.59. The highest BCUT2D eigenvalue weighted by atomic mass is 32.2. The zero-order valence-corrected chi connectivity index (χ0v) is 17.1. The highest BCUT2D eigenvalue weighted by Gasteiger charge is 2.26. The Hall–Kier alpha value is -2.71. The predicted molar refractivity (Wildman–Crippen MR) is 109 cm³/mol. The van der Waals surface area contributed by atoms with Crippen LogP contribution in [0, 0.1) is 0 Å². The van der Waals surface area contributed by atoms with Crippen LogP contribution in [-0.4, -0.2) is 44.3 Å². The first kappa shape index (κ1) is 21.0. The van der Waals surface area contributed by atoms with Crippen LogP contribution in [0.5, 0.6) is 0 Å². The van der Waals surface area contributed by atoms with E-state index in [0.717, 1.165) is 24.8 Å². The van der Waals surface area contributed by atoms with E-state index in [1.165, 1.54) is 28.6 Å². The minimum Gasteiger partial charge on any atom is -0.452 e. The number of carbonyl (C=O) groups excluding carboxylic acids is 2. The maximum absolute atomic E-state index is 12.5. The third kappa shape index (κ3) is 5.21. The van der Waals surface area contributed by atoms with Gasteiger partial charge in [-0.05, 0) is 61.2 Å². The number of sulfonamides is 1. The summed E-state index contributed by atoms with van der Waals surface area (Å²) in [5, 5.41) is 2.59. The normalized spacial score (nSPS) is 14.5. The molecule has 7 nitrogen and oxygen atoms in total. The molecule has 0 aliphatic carbocycles. The number of anilines is 1. The first-order valence-corrected chi connectivity index (χ1v) is 11.0. The number of rotatable bonds is 7. The molecule has 0 atom stereocenters. The van der Waals surface area contributed by atoms with Crippen molar-refractivity contribution in [1.29, 1.82) is 0 Å². The number of nitrogens with zero attached hydrogens (tertiary/aromatic N) is 1. The summed E-state index contributed by atoms with van der Waals surface area (Å²) in [5.74, 6) is -1.08. The summed E-state index contributed by atoms with van der Waals surface area (Å²) >= 11 is 0. The van der Waals surface area contributed by atoms with Gasteiger partial charge in [0.15, 0.2) is 6.61 Å². The Labute approximate surface area is 170 Å². The number of benzene rings is 2. The number of carbonyl (C=O) groups is 2. The van der Waals surface area contributed by atoms with Crippen LogP contribution < -0.4 is 5.32 Å². The smallest absolute Gasteiger partial charge is 0.338 e. The molecule has 0 aromatic heterocycles.